The Kier molecular flexibility index (Phi) is 13.5. The standard InChI is InChI=1S/C16H32O5Si/c1-5-7-16(17)21-8-6-12-22(13-9-18-2,14-10-19-3)15-11-20-4/h5,7H,6,8-15H2,1-4H3. The molecule has 0 N–H and O–H groups in total. The van der Waals surface area contributed by atoms with E-state index in [1.807, 2.05) is 0 Å². The van der Waals surface area contributed by atoms with Gasteiger partial charge in [-0.2, -0.15) is 0 Å². The Morgan fingerprint density at radius 3 is 1.77 bits per heavy atom. The van der Waals surface area contributed by atoms with Crippen molar-refractivity contribution in [1.29, 1.82) is 0 Å². The van der Waals surface area contributed by atoms with Crippen LogP contribution in [0.1, 0.15) is 13.3 Å². The van der Waals surface area contributed by atoms with Crippen LogP contribution in [0.2, 0.25) is 24.2 Å². The van der Waals surface area contributed by atoms with Crippen LogP contribution in [0.25, 0.3) is 0 Å². The van der Waals surface area contributed by atoms with Gasteiger partial charge < -0.3 is 18.9 Å². The van der Waals surface area contributed by atoms with Crippen LogP contribution in [0.5, 0.6) is 0 Å². The molecule has 0 aliphatic rings. The summed E-state index contributed by atoms with van der Waals surface area (Å²) < 4.78 is 21.1. The van der Waals surface area contributed by atoms with Gasteiger partial charge in [0.25, 0.3) is 0 Å². The van der Waals surface area contributed by atoms with Crippen molar-refractivity contribution >= 4 is 14.0 Å². The summed E-state index contributed by atoms with van der Waals surface area (Å²) in [7, 11) is 3.69. The number of carbonyl (C=O) groups excluding carboxylic acids is 1. The number of esters is 1. The second kappa shape index (κ2) is 13.9. The summed E-state index contributed by atoms with van der Waals surface area (Å²) in [6.07, 6.45) is 4.04. The van der Waals surface area contributed by atoms with Crippen LogP contribution in [0.4, 0.5) is 0 Å². The van der Waals surface area contributed by atoms with E-state index in [0.29, 0.717) is 6.61 Å². The van der Waals surface area contributed by atoms with Crippen molar-refractivity contribution in [3.8, 4) is 0 Å². The topological polar surface area (TPSA) is 54.0 Å². The first-order valence-electron chi connectivity index (χ1n) is 7.90. The van der Waals surface area contributed by atoms with Gasteiger partial charge in [-0.25, -0.2) is 4.79 Å². The van der Waals surface area contributed by atoms with Crippen molar-refractivity contribution in [2.75, 3.05) is 47.8 Å². The van der Waals surface area contributed by atoms with Crippen molar-refractivity contribution in [3.05, 3.63) is 12.2 Å². The van der Waals surface area contributed by atoms with E-state index >= 15 is 0 Å². The van der Waals surface area contributed by atoms with E-state index in [1.165, 1.54) is 6.08 Å². The SMILES string of the molecule is CC=CC(=O)OCCC[Si](CCOC)(CCOC)CCOC. The van der Waals surface area contributed by atoms with Crippen LogP contribution in [0.15, 0.2) is 12.2 Å². The van der Waals surface area contributed by atoms with Gasteiger partial charge in [0, 0.05) is 47.2 Å². The molecule has 130 valence electrons. The van der Waals surface area contributed by atoms with Crippen molar-refractivity contribution in [2.24, 2.45) is 0 Å². The third-order valence-corrected chi connectivity index (χ3v) is 9.12. The van der Waals surface area contributed by atoms with E-state index in [0.717, 1.165) is 50.4 Å². The minimum absolute atomic E-state index is 0.263. The zero-order valence-electron chi connectivity index (χ0n) is 14.6. The van der Waals surface area contributed by atoms with Gasteiger partial charge in [-0.1, -0.05) is 12.1 Å². The van der Waals surface area contributed by atoms with Gasteiger partial charge in [0.1, 0.15) is 0 Å². The molecular weight excluding hydrogens is 300 g/mol. The van der Waals surface area contributed by atoms with Crippen LogP contribution in [0.3, 0.4) is 0 Å². The fraction of sp³-hybridized carbons (Fsp3) is 0.812. The molecule has 0 radical (unpaired) electrons. The molecule has 0 aliphatic heterocycles. The fourth-order valence-electron chi connectivity index (χ4n) is 2.51. The lowest BCUT2D eigenvalue weighted by atomic mass is 10.5. The lowest BCUT2D eigenvalue weighted by molar-refractivity contribution is -0.137. The van der Waals surface area contributed by atoms with E-state index in [2.05, 4.69) is 0 Å². The molecule has 0 amide bonds. The van der Waals surface area contributed by atoms with Gasteiger partial charge >= 0.3 is 5.97 Å². The summed E-state index contributed by atoms with van der Waals surface area (Å²) in [4.78, 5) is 11.3. The summed E-state index contributed by atoms with van der Waals surface area (Å²) in [5.74, 6) is -0.263. The van der Waals surface area contributed by atoms with Crippen molar-refractivity contribution in [1.82, 2.24) is 0 Å². The number of hydrogen-bond donors (Lipinski definition) is 0. The molecule has 0 saturated heterocycles. The summed E-state index contributed by atoms with van der Waals surface area (Å²) in [6, 6.07) is 4.39. The maximum atomic E-state index is 11.3. The van der Waals surface area contributed by atoms with Crippen LogP contribution in [-0.2, 0) is 23.7 Å². The Morgan fingerprint density at radius 1 is 0.864 bits per heavy atom. The predicted molar refractivity (Wildman–Crippen MR) is 91.0 cm³/mol. The average Bonchev–Trinajstić information content (AvgIpc) is 2.52. The monoisotopic (exact) mass is 332 g/mol. The number of hydrogen-bond acceptors (Lipinski definition) is 5. The minimum Gasteiger partial charge on any atom is -0.463 e. The summed E-state index contributed by atoms with van der Waals surface area (Å²) >= 11 is 0. The molecule has 0 aliphatic carbocycles. The van der Waals surface area contributed by atoms with Gasteiger partial charge in [-0.15, -0.1) is 0 Å². The molecule has 0 rings (SSSR count). The molecule has 0 atom stereocenters. The number of methoxy groups -OCH3 is 3. The number of ether oxygens (including phenoxy) is 4. The second-order valence-corrected chi connectivity index (χ2v) is 10.5. The molecular formula is C16H32O5Si. The zero-order chi connectivity index (χ0) is 16.7. The number of carbonyl (C=O) groups is 1. The second-order valence-electron chi connectivity index (χ2n) is 5.50. The molecule has 0 spiro atoms. The maximum absolute atomic E-state index is 11.3. The average molecular weight is 333 g/mol. The highest BCUT2D eigenvalue weighted by Crippen LogP contribution is 2.28. The molecule has 0 aromatic heterocycles. The van der Waals surface area contributed by atoms with E-state index in [1.54, 1.807) is 34.3 Å². The van der Waals surface area contributed by atoms with E-state index in [9.17, 15) is 4.79 Å². The quantitative estimate of drug-likeness (QED) is 0.212. The molecule has 6 heteroatoms. The molecule has 0 fully saturated rings. The normalized spacial score (nSPS) is 12.0. The highest BCUT2D eigenvalue weighted by atomic mass is 28.3. The number of rotatable bonds is 14. The summed E-state index contributed by atoms with van der Waals surface area (Å²) in [6.45, 7) is 4.61. The Bertz CT molecular complexity index is 285. The highest BCUT2D eigenvalue weighted by molar-refractivity contribution is 6.80. The Labute approximate surface area is 136 Å². The van der Waals surface area contributed by atoms with Gasteiger partial charge in [0.2, 0.25) is 0 Å². The van der Waals surface area contributed by atoms with Crippen LogP contribution < -0.4 is 0 Å². The third kappa shape index (κ3) is 10.1. The van der Waals surface area contributed by atoms with Crippen molar-refractivity contribution in [2.45, 2.75) is 37.5 Å². The van der Waals surface area contributed by atoms with Gasteiger partial charge in [-0.3, -0.25) is 0 Å². The van der Waals surface area contributed by atoms with Crippen molar-refractivity contribution < 1.29 is 23.7 Å². The Balaban J connectivity index is 4.47. The van der Waals surface area contributed by atoms with E-state index < -0.39 is 8.07 Å². The van der Waals surface area contributed by atoms with Gasteiger partial charge in [-0.05, 0) is 31.5 Å². The minimum atomic E-state index is -1.53. The van der Waals surface area contributed by atoms with Gasteiger partial charge in [0.05, 0.1) is 14.7 Å². The first kappa shape index (κ1) is 21.3. The first-order valence-corrected chi connectivity index (χ1v) is 10.7. The van der Waals surface area contributed by atoms with Gasteiger partial charge in [0.15, 0.2) is 0 Å². The molecule has 0 unspecified atom stereocenters. The molecule has 5 nitrogen and oxygen atoms in total. The lowest BCUT2D eigenvalue weighted by Crippen LogP contribution is -2.38. The van der Waals surface area contributed by atoms with E-state index in [4.69, 9.17) is 18.9 Å². The first-order chi connectivity index (χ1) is 10.6. The maximum Gasteiger partial charge on any atom is 0.330 e. The molecule has 22 heavy (non-hydrogen) atoms. The van der Waals surface area contributed by atoms with Crippen LogP contribution >= 0.6 is 0 Å². The molecule has 0 bridgehead atoms. The van der Waals surface area contributed by atoms with Crippen molar-refractivity contribution in [3.63, 3.8) is 0 Å². The molecule has 0 aromatic carbocycles. The lowest BCUT2D eigenvalue weighted by Gasteiger charge is -2.31. The smallest absolute Gasteiger partial charge is 0.330 e. The zero-order valence-corrected chi connectivity index (χ0v) is 15.6. The predicted octanol–water partition coefficient (Wildman–Crippen LogP) is 2.88. The van der Waals surface area contributed by atoms with Crippen LogP contribution in [0, 0.1) is 0 Å². The number of allylic oxidation sites excluding steroid dienone is 1. The summed E-state index contributed by atoms with van der Waals surface area (Å²) in [5, 5.41) is 0. The summed E-state index contributed by atoms with van der Waals surface area (Å²) in [5.41, 5.74) is 0. The highest BCUT2D eigenvalue weighted by Gasteiger charge is 2.31. The molecule has 0 aromatic rings. The molecule has 0 saturated carbocycles. The molecule has 0 heterocycles. The van der Waals surface area contributed by atoms with Crippen LogP contribution in [-0.4, -0.2) is 61.8 Å². The fourth-order valence-corrected chi connectivity index (χ4v) is 6.82. The Morgan fingerprint density at radius 2 is 1.36 bits per heavy atom. The Hall–Kier alpha value is -0.693. The third-order valence-electron chi connectivity index (χ3n) is 3.91. The van der Waals surface area contributed by atoms with E-state index in [-0.39, 0.29) is 5.97 Å². The largest absolute Gasteiger partial charge is 0.463 e.